The molecule has 1 heterocycles. The van der Waals surface area contributed by atoms with Gasteiger partial charge in [0.05, 0.1) is 7.11 Å². The standard InChI is InChI=1S/C16H27N3O/c1-18-10-4-5-14(11-18)19(2)12-16(17)13-6-8-15(20-3)9-7-13/h6-9,14,16H,4-5,10-12,17H2,1-3H3. The van der Waals surface area contributed by atoms with Crippen molar-refractivity contribution < 1.29 is 4.74 Å². The number of ether oxygens (including phenoxy) is 1. The Kier molecular flexibility index (Phi) is 5.40. The average molecular weight is 277 g/mol. The van der Waals surface area contributed by atoms with Gasteiger partial charge in [-0.2, -0.15) is 0 Å². The molecule has 1 aromatic rings. The average Bonchev–Trinajstić information content (AvgIpc) is 2.47. The molecule has 2 N–H and O–H groups in total. The van der Waals surface area contributed by atoms with Crippen LogP contribution >= 0.6 is 0 Å². The van der Waals surface area contributed by atoms with Crippen LogP contribution in [0.25, 0.3) is 0 Å². The number of likely N-dealkylation sites (tertiary alicyclic amines) is 1. The molecular formula is C16H27N3O. The maximum atomic E-state index is 6.33. The van der Waals surface area contributed by atoms with Crippen LogP contribution in [0, 0.1) is 0 Å². The number of benzene rings is 1. The Hall–Kier alpha value is -1.10. The molecule has 2 atom stereocenters. The van der Waals surface area contributed by atoms with Gasteiger partial charge in [-0.1, -0.05) is 12.1 Å². The Morgan fingerprint density at radius 1 is 1.40 bits per heavy atom. The zero-order valence-corrected chi connectivity index (χ0v) is 12.9. The highest BCUT2D eigenvalue weighted by Crippen LogP contribution is 2.19. The summed E-state index contributed by atoms with van der Waals surface area (Å²) < 4.78 is 5.18. The largest absolute Gasteiger partial charge is 0.497 e. The third-order valence-electron chi connectivity index (χ3n) is 4.25. The number of nitrogens with two attached hydrogens (primary N) is 1. The van der Waals surface area contributed by atoms with Gasteiger partial charge in [-0.25, -0.2) is 0 Å². The van der Waals surface area contributed by atoms with Crippen molar-refractivity contribution in [2.45, 2.75) is 24.9 Å². The Balaban J connectivity index is 1.90. The monoisotopic (exact) mass is 277 g/mol. The minimum atomic E-state index is 0.0538. The van der Waals surface area contributed by atoms with E-state index in [0.29, 0.717) is 6.04 Å². The number of likely N-dealkylation sites (N-methyl/N-ethyl adjacent to an activating group) is 2. The lowest BCUT2D eigenvalue weighted by atomic mass is 10.0. The van der Waals surface area contributed by atoms with Gasteiger partial charge < -0.3 is 20.3 Å². The van der Waals surface area contributed by atoms with Crippen LogP contribution in [0.2, 0.25) is 0 Å². The van der Waals surface area contributed by atoms with E-state index >= 15 is 0 Å². The van der Waals surface area contributed by atoms with E-state index in [2.05, 4.69) is 36.0 Å². The van der Waals surface area contributed by atoms with Crippen LogP contribution < -0.4 is 10.5 Å². The molecule has 2 unspecified atom stereocenters. The Morgan fingerprint density at radius 3 is 2.70 bits per heavy atom. The second-order valence-electron chi connectivity index (χ2n) is 5.88. The van der Waals surface area contributed by atoms with Gasteiger partial charge in [0.1, 0.15) is 5.75 Å². The molecule has 1 aliphatic rings. The van der Waals surface area contributed by atoms with Gasteiger partial charge in [-0.15, -0.1) is 0 Å². The molecule has 0 amide bonds. The lowest BCUT2D eigenvalue weighted by Crippen LogP contribution is -2.46. The molecule has 4 heteroatoms. The van der Waals surface area contributed by atoms with E-state index in [9.17, 15) is 0 Å². The van der Waals surface area contributed by atoms with E-state index in [4.69, 9.17) is 10.5 Å². The zero-order chi connectivity index (χ0) is 14.5. The van der Waals surface area contributed by atoms with Gasteiger partial charge in [-0.3, -0.25) is 0 Å². The van der Waals surface area contributed by atoms with E-state index in [1.165, 1.54) is 24.9 Å². The molecule has 0 aliphatic carbocycles. The smallest absolute Gasteiger partial charge is 0.118 e. The number of nitrogens with zero attached hydrogens (tertiary/aromatic N) is 2. The van der Waals surface area contributed by atoms with Crippen LogP contribution in [0.3, 0.4) is 0 Å². The molecular weight excluding hydrogens is 250 g/mol. The molecule has 1 fully saturated rings. The summed E-state index contributed by atoms with van der Waals surface area (Å²) in [7, 11) is 6.07. The molecule has 2 rings (SSSR count). The van der Waals surface area contributed by atoms with Crippen LogP contribution in [0.4, 0.5) is 0 Å². The topological polar surface area (TPSA) is 41.7 Å². The van der Waals surface area contributed by atoms with E-state index in [1.807, 2.05) is 12.1 Å². The van der Waals surface area contributed by atoms with Crippen LogP contribution in [0.5, 0.6) is 5.75 Å². The molecule has 0 bridgehead atoms. The first-order valence-corrected chi connectivity index (χ1v) is 7.38. The van der Waals surface area contributed by atoms with E-state index in [-0.39, 0.29) is 6.04 Å². The molecule has 0 spiro atoms. The van der Waals surface area contributed by atoms with E-state index in [0.717, 1.165) is 18.8 Å². The predicted molar refractivity (Wildman–Crippen MR) is 83.1 cm³/mol. The number of rotatable bonds is 5. The first-order valence-electron chi connectivity index (χ1n) is 7.38. The van der Waals surface area contributed by atoms with Gasteiger partial charge in [0.25, 0.3) is 0 Å². The summed E-state index contributed by atoms with van der Waals surface area (Å²) >= 11 is 0. The SMILES string of the molecule is COc1ccc(C(N)CN(C)C2CCCN(C)C2)cc1. The molecule has 4 nitrogen and oxygen atoms in total. The van der Waals surface area contributed by atoms with Crippen molar-refractivity contribution in [3.8, 4) is 5.75 Å². The van der Waals surface area contributed by atoms with Crippen LogP contribution in [-0.4, -0.2) is 56.7 Å². The molecule has 112 valence electrons. The fourth-order valence-corrected chi connectivity index (χ4v) is 2.91. The van der Waals surface area contributed by atoms with Crippen molar-refractivity contribution in [3.05, 3.63) is 29.8 Å². The predicted octanol–water partition coefficient (Wildman–Crippen LogP) is 1.72. The van der Waals surface area contributed by atoms with E-state index < -0.39 is 0 Å². The van der Waals surface area contributed by atoms with Crippen molar-refractivity contribution in [2.24, 2.45) is 5.73 Å². The third kappa shape index (κ3) is 3.95. The van der Waals surface area contributed by atoms with Gasteiger partial charge >= 0.3 is 0 Å². The summed E-state index contributed by atoms with van der Waals surface area (Å²) in [6.07, 6.45) is 2.56. The Morgan fingerprint density at radius 2 is 2.10 bits per heavy atom. The van der Waals surface area contributed by atoms with Gasteiger partial charge in [-0.05, 0) is 51.2 Å². The first-order chi connectivity index (χ1) is 9.60. The molecule has 20 heavy (non-hydrogen) atoms. The number of hydrogen-bond donors (Lipinski definition) is 1. The molecule has 0 radical (unpaired) electrons. The molecule has 0 aromatic heterocycles. The summed E-state index contributed by atoms with van der Waals surface area (Å²) in [4.78, 5) is 4.81. The Labute approximate surface area is 122 Å². The maximum Gasteiger partial charge on any atom is 0.118 e. The Bertz CT molecular complexity index is 407. The van der Waals surface area contributed by atoms with Crippen molar-refractivity contribution in [1.29, 1.82) is 0 Å². The molecule has 0 saturated carbocycles. The maximum absolute atomic E-state index is 6.33. The lowest BCUT2D eigenvalue weighted by Gasteiger charge is -2.37. The highest BCUT2D eigenvalue weighted by atomic mass is 16.5. The highest BCUT2D eigenvalue weighted by Gasteiger charge is 2.22. The first kappa shape index (κ1) is 15.3. The summed E-state index contributed by atoms with van der Waals surface area (Å²) in [5.74, 6) is 0.878. The summed E-state index contributed by atoms with van der Waals surface area (Å²) in [5, 5.41) is 0. The van der Waals surface area contributed by atoms with Gasteiger partial charge in [0, 0.05) is 25.2 Å². The third-order valence-corrected chi connectivity index (χ3v) is 4.25. The quantitative estimate of drug-likeness (QED) is 0.890. The number of methoxy groups -OCH3 is 1. The van der Waals surface area contributed by atoms with Crippen molar-refractivity contribution in [2.75, 3.05) is 40.8 Å². The number of hydrogen-bond acceptors (Lipinski definition) is 4. The highest BCUT2D eigenvalue weighted by molar-refractivity contribution is 5.29. The second kappa shape index (κ2) is 7.07. The van der Waals surface area contributed by atoms with E-state index in [1.54, 1.807) is 7.11 Å². The fraction of sp³-hybridized carbons (Fsp3) is 0.625. The van der Waals surface area contributed by atoms with Crippen molar-refractivity contribution in [3.63, 3.8) is 0 Å². The molecule has 1 aliphatic heterocycles. The van der Waals surface area contributed by atoms with Crippen LogP contribution in [-0.2, 0) is 0 Å². The normalized spacial score (nSPS) is 21.9. The summed E-state index contributed by atoms with van der Waals surface area (Å²) in [5.41, 5.74) is 7.50. The number of piperidine rings is 1. The minimum absolute atomic E-state index is 0.0538. The minimum Gasteiger partial charge on any atom is -0.497 e. The summed E-state index contributed by atoms with van der Waals surface area (Å²) in [6.45, 7) is 3.26. The summed E-state index contributed by atoms with van der Waals surface area (Å²) in [6, 6.07) is 8.75. The van der Waals surface area contributed by atoms with Crippen molar-refractivity contribution in [1.82, 2.24) is 9.80 Å². The molecule has 1 saturated heterocycles. The van der Waals surface area contributed by atoms with Crippen LogP contribution in [0.15, 0.2) is 24.3 Å². The van der Waals surface area contributed by atoms with Gasteiger partial charge in [0.15, 0.2) is 0 Å². The second-order valence-corrected chi connectivity index (χ2v) is 5.88. The zero-order valence-electron chi connectivity index (χ0n) is 12.9. The van der Waals surface area contributed by atoms with Gasteiger partial charge in [0.2, 0.25) is 0 Å². The van der Waals surface area contributed by atoms with Crippen LogP contribution in [0.1, 0.15) is 24.4 Å². The lowest BCUT2D eigenvalue weighted by molar-refractivity contribution is 0.129. The van der Waals surface area contributed by atoms with Crippen molar-refractivity contribution >= 4 is 0 Å². The molecule has 1 aromatic carbocycles. The fourth-order valence-electron chi connectivity index (χ4n) is 2.91.